The highest BCUT2D eigenvalue weighted by Crippen LogP contribution is 2.30. The largest absolute Gasteiger partial charge is 0.416 e. The quantitative estimate of drug-likeness (QED) is 0.586. The molecule has 0 aliphatic heterocycles. The van der Waals surface area contributed by atoms with Gasteiger partial charge in [-0.05, 0) is 56.7 Å². The molecule has 0 atom stereocenters. The molecule has 0 saturated heterocycles. The van der Waals surface area contributed by atoms with Gasteiger partial charge in [0, 0.05) is 5.69 Å². The van der Waals surface area contributed by atoms with E-state index in [1.54, 1.807) is 13.0 Å². The molecule has 2 aromatic carbocycles. The average Bonchev–Trinajstić information content (AvgIpc) is 3.07. The molecule has 0 saturated carbocycles. The number of aromatic nitrogens is 2. The number of nitrogens with one attached hydrogen (secondary N) is 1. The van der Waals surface area contributed by atoms with Crippen LogP contribution in [-0.2, 0) is 17.5 Å². The highest BCUT2D eigenvalue weighted by atomic mass is 19.4. The van der Waals surface area contributed by atoms with Crippen molar-refractivity contribution in [2.24, 2.45) is 0 Å². The predicted molar refractivity (Wildman–Crippen MR) is 108 cm³/mol. The second-order valence-corrected chi connectivity index (χ2v) is 7.12. The van der Waals surface area contributed by atoms with Gasteiger partial charge in [0.1, 0.15) is 0 Å². The van der Waals surface area contributed by atoms with E-state index in [1.165, 1.54) is 23.0 Å². The van der Waals surface area contributed by atoms with Crippen LogP contribution in [0.25, 0.3) is 5.69 Å². The van der Waals surface area contributed by atoms with Crippen LogP contribution in [0, 0.1) is 6.92 Å². The van der Waals surface area contributed by atoms with Gasteiger partial charge < -0.3 is 10.1 Å². The van der Waals surface area contributed by atoms with E-state index >= 15 is 0 Å². The van der Waals surface area contributed by atoms with E-state index in [0.29, 0.717) is 18.0 Å². The molecule has 3 aromatic rings. The Kier molecular flexibility index (Phi) is 6.26. The van der Waals surface area contributed by atoms with Gasteiger partial charge >= 0.3 is 6.18 Å². The van der Waals surface area contributed by atoms with Crippen LogP contribution >= 0.6 is 0 Å². The lowest BCUT2D eigenvalue weighted by molar-refractivity contribution is -0.137. The van der Waals surface area contributed by atoms with Crippen LogP contribution in [0.2, 0.25) is 0 Å². The second-order valence-electron chi connectivity index (χ2n) is 7.12. The van der Waals surface area contributed by atoms with Gasteiger partial charge in [0.2, 0.25) is 0 Å². The molecule has 158 valence electrons. The molecule has 0 bridgehead atoms. The van der Waals surface area contributed by atoms with Crippen molar-refractivity contribution < 1.29 is 22.7 Å². The number of amides is 1. The molecule has 0 unspecified atom stereocenters. The third-order valence-electron chi connectivity index (χ3n) is 4.44. The molecule has 1 N–H and O–H groups in total. The summed E-state index contributed by atoms with van der Waals surface area (Å²) in [6, 6.07) is 12.1. The van der Waals surface area contributed by atoms with E-state index in [2.05, 4.69) is 10.4 Å². The third-order valence-corrected chi connectivity index (χ3v) is 4.44. The van der Waals surface area contributed by atoms with Crippen LogP contribution < -0.4 is 5.32 Å². The Balaban J connectivity index is 1.79. The monoisotopic (exact) mass is 417 g/mol. The first kappa shape index (κ1) is 21.6. The molecule has 0 spiro atoms. The maximum Gasteiger partial charge on any atom is 0.416 e. The zero-order valence-electron chi connectivity index (χ0n) is 16.8. The van der Waals surface area contributed by atoms with Crippen LogP contribution in [0.4, 0.5) is 18.9 Å². The molecule has 1 heterocycles. The summed E-state index contributed by atoms with van der Waals surface area (Å²) in [5.74, 6) is -0.396. The fourth-order valence-corrected chi connectivity index (χ4v) is 2.91. The molecule has 1 amide bonds. The van der Waals surface area contributed by atoms with Gasteiger partial charge in [-0.3, -0.25) is 4.79 Å². The van der Waals surface area contributed by atoms with E-state index < -0.39 is 17.6 Å². The number of halogens is 3. The van der Waals surface area contributed by atoms with Crippen LogP contribution in [0.1, 0.15) is 41.0 Å². The van der Waals surface area contributed by atoms with Crippen LogP contribution in [0.5, 0.6) is 0 Å². The number of anilines is 1. The van der Waals surface area contributed by atoms with Crippen molar-refractivity contribution in [1.82, 2.24) is 9.78 Å². The van der Waals surface area contributed by atoms with Gasteiger partial charge in [0.15, 0.2) is 0 Å². The van der Waals surface area contributed by atoms with Crippen LogP contribution in [0.3, 0.4) is 0 Å². The molecule has 5 nitrogen and oxygen atoms in total. The zero-order chi connectivity index (χ0) is 21.9. The van der Waals surface area contributed by atoms with Crippen molar-refractivity contribution in [2.75, 3.05) is 5.32 Å². The Labute approximate surface area is 172 Å². The number of carbonyl (C=O) groups is 1. The Hall–Kier alpha value is -3.13. The van der Waals surface area contributed by atoms with E-state index in [-0.39, 0.29) is 17.4 Å². The zero-order valence-corrected chi connectivity index (χ0v) is 16.8. The highest BCUT2D eigenvalue weighted by molar-refractivity contribution is 6.05. The maximum absolute atomic E-state index is 13.0. The third kappa shape index (κ3) is 5.07. The molecule has 30 heavy (non-hydrogen) atoms. The Morgan fingerprint density at radius 2 is 1.90 bits per heavy atom. The summed E-state index contributed by atoms with van der Waals surface area (Å²) in [5, 5.41) is 6.91. The van der Waals surface area contributed by atoms with E-state index in [0.717, 1.165) is 17.7 Å². The number of hydrogen-bond acceptors (Lipinski definition) is 3. The van der Waals surface area contributed by atoms with Crippen molar-refractivity contribution in [3.8, 4) is 5.69 Å². The number of ether oxygens (including phenoxy) is 1. The molecule has 0 radical (unpaired) electrons. The van der Waals surface area contributed by atoms with Gasteiger partial charge in [-0.15, -0.1) is 0 Å². The first-order valence-electron chi connectivity index (χ1n) is 9.39. The molecule has 3 rings (SSSR count). The smallest absolute Gasteiger partial charge is 0.374 e. The summed E-state index contributed by atoms with van der Waals surface area (Å²) in [7, 11) is 0. The average molecular weight is 417 g/mol. The van der Waals surface area contributed by atoms with Crippen molar-refractivity contribution in [3.63, 3.8) is 0 Å². The Bertz CT molecular complexity index is 1040. The van der Waals surface area contributed by atoms with Crippen LogP contribution in [-0.4, -0.2) is 21.8 Å². The lowest BCUT2D eigenvalue weighted by atomic mass is 10.1. The summed E-state index contributed by atoms with van der Waals surface area (Å²) >= 11 is 0. The van der Waals surface area contributed by atoms with Gasteiger partial charge in [-0.1, -0.05) is 18.2 Å². The Morgan fingerprint density at radius 3 is 2.60 bits per heavy atom. The van der Waals surface area contributed by atoms with Crippen molar-refractivity contribution >= 4 is 11.6 Å². The normalized spacial score (nSPS) is 11.7. The number of alkyl halides is 3. The minimum absolute atomic E-state index is 0.0904. The van der Waals surface area contributed by atoms with Gasteiger partial charge in [-0.25, -0.2) is 4.68 Å². The van der Waals surface area contributed by atoms with Gasteiger partial charge in [-0.2, -0.15) is 18.3 Å². The number of nitrogens with zero attached hydrogens (tertiary/aromatic N) is 2. The van der Waals surface area contributed by atoms with Crippen molar-refractivity contribution in [1.29, 1.82) is 0 Å². The SMILES string of the molecule is Cc1c(C(=O)Nc2cccc(COC(C)C)c2)cnn1-c1cccc(C(F)(F)F)c1. The molecule has 0 aliphatic carbocycles. The van der Waals surface area contributed by atoms with Gasteiger partial charge in [0.05, 0.1) is 41.4 Å². The second kappa shape index (κ2) is 8.71. The first-order chi connectivity index (χ1) is 14.1. The molecular weight excluding hydrogens is 395 g/mol. The number of rotatable bonds is 6. The summed E-state index contributed by atoms with van der Waals surface area (Å²) < 4.78 is 45.9. The first-order valence-corrected chi connectivity index (χ1v) is 9.39. The molecule has 0 fully saturated rings. The number of benzene rings is 2. The molecular formula is C22H22F3N3O2. The predicted octanol–water partition coefficient (Wildman–Crippen LogP) is 5.38. The minimum Gasteiger partial charge on any atom is -0.374 e. The number of carbonyl (C=O) groups excluding carboxylic acids is 1. The van der Waals surface area contributed by atoms with Crippen LogP contribution in [0.15, 0.2) is 54.7 Å². The molecule has 8 heteroatoms. The standard InChI is InChI=1S/C22H22F3N3O2/c1-14(2)30-13-16-6-4-8-18(10-16)27-21(29)20-12-26-28(15(20)3)19-9-5-7-17(11-19)22(23,24)25/h4-12,14H,13H2,1-3H3,(H,27,29). The van der Waals surface area contributed by atoms with E-state index in [4.69, 9.17) is 4.74 Å². The summed E-state index contributed by atoms with van der Waals surface area (Å²) in [5.41, 5.74) is 1.67. The molecule has 1 aromatic heterocycles. The lowest BCUT2D eigenvalue weighted by Gasteiger charge is -2.11. The summed E-state index contributed by atoms with van der Waals surface area (Å²) in [6.07, 6.45) is -3.02. The summed E-state index contributed by atoms with van der Waals surface area (Å²) in [6.45, 7) is 5.94. The fraction of sp³-hybridized carbons (Fsp3) is 0.273. The topological polar surface area (TPSA) is 56.1 Å². The highest BCUT2D eigenvalue weighted by Gasteiger charge is 2.30. The van der Waals surface area contributed by atoms with Crippen molar-refractivity contribution in [2.45, 2.75) is 39.7 Å². The van der Waals surface area contributed by atoms with E-state index in [1.807, 2.05) is 32.0 Å². The van der Waals surface area contributed by atoms with Gasteiger partial charge in [0.25, 0.3) is 5.91 Å². The number of hydrogen-bond donors (Lipinski definition) is 1. The summed E-state index contributed by atoms with van der Waals surface area (Å²) in [4.78, 5) is 12.7. The maximum atomic E-state index is 13.0. The lowest BCUT2D eigenvalue weighted by Crippen LogP contribution is -2.13. The minimum atomic E-state index is -4.46. The van der Waals surface area contributed by atoms with Crippen molar-refractivity contribution in [3.05, 3.63) is 77.1 Å². The fourth-order valence-electron chi connectivity index (χ4n) is 2.91. The van der Waals surface area contributed by atoms with E-state index in [9.17, 15) is 18.0 Å². The molecule has 0 aliphatic rings. The Morgan fingerprint density at radius 1 is 1.17 bits per heavy atom.